The third kappa shape index (κ3) is 1.63. The predicted octanol–water partition coefficient (Wildman–Crippen LogP) is 3.15. The molecule has 1 fully saturated rings. The number of hydrogen-bond donors (Lipinski definition) is 2. The standard InChI is InChI=1S/C12H12BrN3/c13-9-3-4-10(14)11-8(9)5-6-15-12(11)16-7-1-2-7/h3-7H,1-2,14H2,(H,15,16). The van der Waals surface area contributed by atoms with E-state index in [1.54, 1.807) is 0 Å². The predicted molar refractivity (Wildman–Crippen MR) is 70.5 cm³/mol. The minimum atomic E-state index is 0.580. The first kappa shape index (κ1) is 9.90. The van der Waals surface area contributed by atoms with E-state index in [0.29, 0.717) is 6.04 Å². The molecule has 0 radical (unpaired) electrons. The minimum Gasteiger partial charge on any atom is -0.398 e. The van der Waals surface area contributed by atoms with Crippen molar-refractivity contribution in [2.75, 3.05) is 11.1 Å². The molecule has 0 bridgehead atoms. The number of nitrogen functional groups attached to an aromatic ring is 1. The van der Waals surface area contributed by atoms with E-state index in [1.165, 1.54) is 12.8 Å². The van der Waals surface area contributed by atoms with E-state index in [2.05, 4.69) is 26.2 Å². The molecule has 3 rings (SSSR count). The van der Waals surface area contributed by atoms with Crippen molar-refractivity contribution < 1.29 is 0 Å². The van der Waals surface area contributed by atoms with E-state index in [-0.39, 0.29) is 0 Å². The smallest absolute Gasteiger partial charge is 0.136 e. The minimum absolute atomic E-state index is 0.580. The molecule has 4 heteroatoms. The van der Waals surface area contributed by atoms with Crippen LogP contribution in [0.2, 0.25) is 0 Å². The number of nitrogens with zero attached hydrogens (tertiary/aromatic N) is 1. The molecule has 0 unspecified atom stereocenters. The fourth-order valence-corrected chi connectivity index (χ4v) is 2.28. The van der Waals surface area contributed by atoms with Gasteiger partial charge in [-0.2, -0.15) is 0 Å². The summed E-state index contributed by atoms with van der Waals surface area (Å²) in [6.07, 6.45) is 4.27. The van der Waals surface area contributed by atoms with Gasteiger partial charge in [-0.05, 0) is 31.0 Å². The Kier molecular flexibility index (Phi) is 2.24. The van der Waals surface area contributed by atoms with Gasteiger partial charge < -0.3 is 11.1 Å². The van der Waals surface area contributed by atoms with E-state index in [1.807, 2.05) is 24.4 Å². The number of hydrogen-bond acceptors (Lipinski definition) is 3. The Morgan fingerprint density at radius 2 is 2.12 bits per heavy atom. The Morgan fingerprint density at radius 1 is 1.31 bits per heavy atom. The number of halogens is 1. The van der Waals surface area contributed by atoms with Gasteiger partial charge in [-0.1, -0.05) is 15.9 Å². The number of aromatic nitrogens is 1. The van der Waals surface area contributed by atoms with Crippen LogP contribution in [0.3, 0.4) is 0 Å². The fourth-order valence-electron chi connectivity index (χ4n) is 1.82. The highest BCUT2D eigenvalue weighted by Crippen LogP contribution is 2.34. The number of rotatable bonds is 2. The summed E-state index contributed by atoms with van der Waals surface area (Å²) in [5, 5.41) is 5.54. The van der Waals surface area contributed by atoms with E-state index >= 15 is 0 Å². The van der Waals surface area contributed by atoms with Crippen LogP contribution in [-0.4, -0.2) is 11.0 Å². The summed E-state index contributed by atoms with van der Waals surface area (Å²) in [5.74, 6) is 0.902. The van der Waals surface area contributed by atoms with Gasteiger partial charge in [-0.3, -0.25) is 0 Å². The molecule has 0 aliphatic heterocycles. The normalized spacial score (nSPS) is 15.3. The Balaban J connectivity index is 2.23. The van der Waals surface area contributed by atoms with Crippen LogP contribution in [-0.2, 0) is 0 Å². The summed E-state index contributed by atoms with van der Waals surface area (Å²) in [7, 11) is 0. The van der Waals surface area contributed by atoms with Crippen LogP contribution >= 0.6 is 15.9 Å². The van der Waals surface area contributed by atoms with Crippen LogP contribution in [0.5, 0.6) is 0 Å². The molecule has 0 saturated heterocycles. The number of nitrogens with two attached hydrogens (primary N) is 1. The van der Waals surface area contributed by atoms with E-state index < -0.39 is 0 Å². The van der Waals surface area contributed by atoms with Gasteiger partial charge in [-0.25, -0.2) is 4.98 Å². The molecule has 1 saturated carbocycles. The quantitative estimate of drug-likeness (QED) is 0.830. The Hall–Kier alpha value is -1.29. The zero-order chi connectivity index (χ0) is 11.1. The lowest BCUT2D eigenvalue weighted by atomic mass is 10.1. The van der Waals surface area contributed by atoms with Crippen LogP contribution in [0, 0.1) is 0 Å². The van der Waals surface area contributed by atoms with Crippen LogP contribution in [0.1, 0.15) is 12.8 Å². The van der Waals surface area contributed by atoms with Crippen LogP contribution in [0.4, 0.5) is 11.5 Å². The van der Waals surface area contributed by atoms with Gasteiger partial charge in [0, 0.05) is 33.2 Å². The number of pyridine rings is 1. The molecule has 0 amide bonds. The van der Waals surface area contributed by atoms with Crippen molar-refractivity contribution >= 4 is 38.2 Å². The summed E-state index contributed by atoms with van der Waals surface area (Å²) >= 11 is 3.54. The lowest BCUT2D eigenvalue weighted by Crippen LogP contribution is -2.04. The molecular weight excluding hydrogens is 266 g/mol. The molecule has 16 heavy (non-hydrogen) atoms. The number of benzene rings is 1. The molecule has 3 N–H and O–H groups in total. The molecule has 0 spiro atoms. The van der Waals surface area contributed by atoms with Crippen LogP contribution < -0.4 is 11.1 Å². The lowest BCUT2D eigenvalue weighted by Gasteiger charge is -2.10. The van der Waals surface area contributed by atoms with Crippen LogP contribution in [0.25, 0.3) is 10.8 Å². The van der Waals surface area contributed by atoms with Gasteiger partial charge >= 0.3 is 0 Å². The maximum Gasteiger partial charge on any atom is 0.136 e. The third-order valence-corrected chi connectivity index (χ3v) is 3.52. The molecule has 0 atom stereocenters. The highest BCUT2D eigenvalue weighted by molar-refractivity contribution is 9.10. The molecule has 1 aromatic heterocycles. The SMILES string of the molecule is Nc1ccc(Br)c2ccnc(NC3CC3)c12. The van der Waals surface area contributed by atoms with Gasteiger partial charge in [0.1, 0.15) is 5.82 Å². The second-order valence-electron chi connectivity index (χ2n) is 4.14. The fraction of sp³-hybridized carbons (Fsp3) is 0.250. The number of nitrogens with one attached hydrogen (secondary N) is 1. The van der Waals surface area contributed by atoms with Gasteiger partial charge in [-0.15, -0.1) is 0 Å². The lowest BCUT2D eigenvalue weighted by molar-refractivity contribution is 1.12. The molecule has 1 aromatic carbocycles. The summed E-state index contributed by atoms with van der Waals surface area (Å²) in [6.45, 7) is 0. The molecule has 3 nitrogen and oxygen atoms in total. The second-order valence-corrected chi connectivity index (χ2v) is 4.99. The monoisotopic (exact) mass is 277 g/mol. The molecule has 1 heterocycles. The first-order chi connectivity index (χ1) is 7.75. The number of anilines is 2. The molecular formula is C12H12BrN3. The van der Waals surface area contributed by atoms with Crippen molar-refractivity contribution in [1.29, 1.82) is 0 Å². The molecule has 1 aliphatic rings. The zero-order valence-electron chi connectivity index (χ0n) is 8.70. The Bertz CT molecular complexity index is 549. The molecule has 82 valence electrons. The zero-order valence-corrected chi connectivity index (χ0v) is 10.3. The number of fused-ring (bicyclic) bond motifs is 1. The van der Waals surface area contributed by atoms with Crippen molar-refractivity contribution in [3.63, 3.8) is 0 Å². The van der Waals surface area contributed by atoms with Crippen molar-refractivity contribution in [3.8, 4) is 0 Å². The average Bonchev–Trinajstić information content (AvgIpc) is 3.08. The van der Waals surface area contributed by atoms with Gasteiger partial charge in [0.05, 0.1) is 0 Å². The highest BCUT2D eigenvalue weighted by Gasteiger charge is 2.22. The van der Waals surface area contributed by atoms with E-state index in [4.69, 9.17) is 5.73 Å². The third-order valence-electron chi connectivity index (χ3n) is 2.82. The average molecular weight is 278 g/mol. The topological polar surface area (TPSA) is 50.9 Å². The Morgan fingerprint density at radius 3 is 2.88 bits per heavy atom. The van der Waals surface area contributed by atoms with Crippen molar-refractivity contribution in [1.82, 2.24) is 4.98 Å². The Labute approximate surface area is 102 Å². The molecule has 2 aromatic rings. The van der Waals surface area contributed by atoms with Gasteiger partial charge in [0.15, 0.2) is 0 Å². The summed E-state index contributed by atoms with van der Waals surface area (Å²) in [5.41, 5.74) is 6.79. The molecule has 1 aliphatic carbocycles. The highest BCUT2D eigenvalue weighted by atomic mass is 79.9. The second kappa shape index (κ2) is 3.63. The van der Waals surface area contributed by atoms with Crippen molar-refractivity contribution in [3.05, 3.63) is 28.9 Å². The van der Waals surface area contributed by atoms with Crippen molar-refractivity contribution in [2.24, 2.45) is 0 Å². The first-order valence-electron chi connectivity index (χ1n) is 5.35. The summed E-state index contributed by atoms with van der Waals surface area (Å²) < 4.78 is 1.05. The first-order valence-corrected chi connectivity index (χ1v) is 6.14. The largest absolute Gasteiger partial charge is 0.398 e. The van der Waals surface area contributed by atoms with Gasteiger partial charge in [0.25, 0.3) is 0 Å². The van der Waals surface area contributed by atoms with Crippen LogP contribution in [0.15, 0.2) is 28.9 Å². The summed E-state index contributed by atoms with van der Waals surface area (Å²) in [6, 6.07) is 6.44. The van der Waals surface area contributed by atoms with E-state index in [9.17, 15) is 0 Å². The summed E-state index contributed by atoms with van der Waals surface area (Å²) in [4.78, 5) is 4.38. The van der Waals surface area contributed by atoms with E-state index in [0.717, 1.165) is 26.8 Å². The van der Waals surface area contributed by atoms with Gasteiger partial charge in [0.2, 0.25) is 0 Å². The maximum atomic E-state index is 6.02. The maximum absolute atomic E-state index is 6.02. The van der Waals surface area contributed by atoms with Crippen molar-refractivity contribution in [2.45, 2.75) is 18.9 Å².